The van der Waals surface area contributed by atoms with Crippen molar-refractivity contribution in [2.75, 3.05) is 0 Å². The average Bonchev–Trinajstić information content (AvgIpc) is 2.87. The summed E-state index contributed by atoms with van der Waals surface area (Å²) < 4.78 is 7.49. The summed E-state index contributed by atoms with van der Waals surface area (Å²) in [5.74, 6) is 1.59. The van der Waals surface area contributed by atoms with E-state index in [0.717, 1.165) is 17.9 Å². The molecule has 16 heavy (non-hydrogen) atoms. The standard InChI is InChI=1S/C11H16N4O/c1-3-9-4-14-11(16-9)6-15-7-13-5-10(15)8(2)12/h4-5,7-8H,3,6,12H2,1-2H3. The number of nitrogens with zero attached hydrogens (tertiary/aromatic N) is 3. The first-order chi connectivity index (χ1) is 7.70. The predicted octanol–water partition coefficient (Wildman–Crippen LogP) is 1.50. The lowest BCUT2D eigenvalue weighted by Gasteiger charge is -2.08. The van der Waals surface area contributed by atoms with Gasteiger partial charge in [0, 0.05) is 18.7 Å². The highest BCUT2D eigenvalue weighted by molar-refractivity contribution is 5.05. The third kappa shape index (κ3) is 2.14. The first kappa shape index (κ1) is 10.9. The van der Waals surface area contributed by atoms with E-state index in [1.165, 1.54) is 0 Å². The van der Waals surface area contributed by atoms with E-state index in [1.54, 1.807) is 18.7 Å². The number of rotatable bonds is 4. The van der Waals surface area contributed by atoms with Crippen LogP contribution < -0.4 is 5.73 Å². The van der Waals surface area contributed by atoms with Crippen LogP contribution in [0, 0.1) is 0 Å². The number of aromatic nitrogens is 3. The van der Waals surface area contributed by atoms with E-state index in [2.05, 4.69) is 9.97 Å². The van der Waals surface area contributed by atoms with E-state index in [9.17, 15) is 0 Å². The summed E-state index contributed by atoms with van der Waals surface area (Å²) in [5, 5.41) is 0. The Labute approximate surface area is 94.3 Å². The van der Waals surface area contributed by atoms with E-state index in [-0.39, 0.29) is 6.04 Å². The van der Waals surface area contributed by atoms with Gasteiger partial charge in [-0.05, 0) is 6.92 Å². The fourth-order valence-corrected chi connectivity index (χ4v) is 1.57. The third-order valence-electron chi connectivity index (χ3n) is 2.47. The van der Waals surface area contributed by atoms with Crippen LogP contribution in [-0.2, 0) is 13.0 Å². The number of aryl methyl sites for hydroxylation is 1. The first-order valence-corrected chi connectivity index (χ1v) is 5.40. The third-order valence-corrected chi connectivity index (χ3v) is 2.47. The monoisotopic (exact) mass is 220 g/mol. The van der Waals surface area contributed by atoms with Crippen LogP contribution in [0.4, 0.5) is 0 Å². The smallest absolute Gasteiger partial charge is 0.214 e. The molecule has 0 aromatic carbocycles. The summed E-state index contributed by atoms with van der Waals surface area (Å²) in [4.78, 5) is 8.29. The predicted molar refractivity (Wildman–Crippen MR) is 59.8 cm³/mol. The molecule has 2 N–H and O–H groups in total. The first-order valence-electron chi connectivity index (χ1n) is 5.40. The second-order valence-electron chi connectivity index (χ2n) is 3.81. The van der Waals surface area contributed by atoms with Crippen LogP contribution in [0.3, 0.4) is 0 Å². The number of nitrogens with two attached hydrogens (primary N) is 1. The van der Waals surface area contributed by atoms with Gasteiger partial charge in [-0.1, -0.05) is 6.92 Å². The SMILES string of the molecule is CCc1cnc(Cn2cncc2C(C)N)o1. The zero-order chi connectivity index (χ0) is 11.5. The second kappa shape index (κ2) is 4.49. The Hall–Kier alpha value is -1.62. The number of hydrogen-bond acceptors (Lipinski definition) is 4. The van der Waals surface area contributed by atoms with Crippen LogP contribution in [0.5, 0.6) is 0 Å². The zero-order valence-corrected chi connectivity index (χ0v) is 9.55. The molecule has 0 aliphatic carbocycles. The fraction of sp³-hybridized carbons (Fsp3) is 0.455. The summed E-state index contributed by atoms with van der Waals surface area (Å²) in [6.45, 7) is 4.55. The molecule has 0 fully saturated rings. The fourth-order valence-electron chi connectivity index (χ4n) is 1.57. The molecule has 2 aromatic heterocycles. The Morgan fingerprint density at radius 1 is 1.50 bits per heavy atom. The van der Waals surface area contributed by atoms with E-state index in [0.29, 0.717) is 12.4 Å². The molecule has 2 rings (SSSR count). The molecule has 0 aliphatic rings. The molecule has 5 heteroatoms. The van der Waals surface area contributed by atoms with Crippen molar-refractivity contribution in [3.63, 3.8) is 0 Å². The van der Waals surface area contributed by atoms with Gasteiger partial charge in [0.15, 0.2) is 0 Å². The van der Waals surface area contributed by atoms with E-state index >= 15 is 0 Å². The maximum Gasteiger partial charge on any atom is 0.214 e. The van der Waals surface area contributed by atoms with Crippen LogP contribution in [-0.4, -0.2) is 14.5 Å². The Bertz CT molecular complexity index is 458. The van der Waals surface area contributed by atoms with E-state index in [1.807, 2.05) is 18.4 Å². The maximum absolute atomic E-state index is 5.83. The van der Waals surface area contributed by atoms with Gasteiger partial charge in [-0.25, -0.2) is 9.97 Å². The summed E-state index contributed by atoms with van der Waals surface area (Å²) >= 11 is 0. The van der Waals surface area contributed by atoms with Gasteiger partial charge in [0.25, 0.3) is 0 Å². The normalized spacial score (nSPS) is 12.9. The van der Waals surface area contributed by atoms with Crippen molar-refractivity contribution in [1.29, 1.82) is 0 Å². The lowest BCUT2D eigenvalue weighted by molar-refractivity contribution is 0.441. The molecular weight excluding hydrogens is 204 g/mol. The molecule has 0 spiro atoms. The highest BCUT2D eigenvalue weighted by Gasteiger charge is 2.09. The Balaban J connectivity index is 2.17. The van der Waals surface area contributed by atoms with Crippen molar-refractivity contribution in [2.24, 2.45) is 5.73 Å². The van der Waals surface area contributed by atoms with Crippen molar-refractivity contribution in [2.45, 2.75) is 32.9 Å². The van der Waals surface area contributed by atoms with E-state index < -0.39 is 0 Å². The minimum Gasteiger partial charge on any atom is -0.444 e. The lowest BCUT2D eigenvalue weighted by atomic mass is 10.3. The van der Waals surface area contributed by atoms with Crippen molar-refractivity contribution >= 4 is 0 Å². The van der Waals surface area contributed by atoms with Gasteiger partial charge in [0.05, 0.1) is 18.2 Å². The molecule has 5 nitrogen and oxygen atoms in total. The molecule has 0 aliphatic heterocycles. The molecule has 2 aromatic rings. The topological polar surface area (TPSA) is 69.9 Å². The zero-order valence-electron chi connectivity index (χ0n) is 9.55. The van der Waals surface area contributed by atoms with Crippen LogP contribution in [0.2, 0.25) is 0 Å². The molecule has 0 radical (unpaired) electrons. The highest BCUT2D eigenvalue weighted by atomic mass is 16.4. The van der Waals surface area contributed by atoms with Crippen LogP contribution >= 0.6 is 0 Å². The molecule has 0 saturated heterocycles. The summed E-state index contributed by atoms with van der Waals surface area (Å²) in [6.07, 6.45) is 6.14. The lowest BCUT2D eigenvalue weighted by Crippen LogP contribution is -2.12. The minimum absolute atomic E-state index is 0.0388. The van der Waals surface area contributed by atoms with Gasteiger partial charge in [0.1, 0.15) is 12.3 Å². The van der Waals surface area contributed by atoms with Crippen molar-refractivity contribution in [3.8, 4) is 0 Å². The Morgan fingerprint density at radius 3 is 2.94 bits per heavy atom. The van der Waals surface area contributed by atoms with Crippen LogP contribution in [0.15, 0.2) is 23.1 Å². The molecule has 1 atom stereocenters. The van der Waals surface area contributed by atoms with Crippen molar-refractivity contribution < 1.29 is 4.42 Å². The minimum atomic E-state index is -0.0388. The highest BCUT2D eigenvalue weighted by Crippen LogP contribution is 2.12. The maximum atomic E-state index is 5.83. The van der Waals surface area contributed by atoms with Crippen molar-refractivity contribution in [3.05, 3.63) is 36.1 Å². The van der Waals surface area contributed by atoms with E-state index in [4.69, 9.17) is 10.2 Å². The largest absolute Gasteiger partial charge is 0.444 e. The van der Waals surface area contributed by atoms with Crippen LogP contribution in [0.25, 0.3) is 0 Å². The molecule has 1 unspecified atom stereocenters. The van der Waals surface area contributed by atoms with Gasteiger partial charge in [-0.15, -0.1) is 0 Å². The van der Waals surface area contributed by atoms with Crippen molar-refractivity contribution in [1.82, 2.24) is 14.5 Å². The average molecular weight is 220 g/mol. The van der Waals surface area contributed by atoms with Gasteiger partial charge >= 0.3 is 0 Å². The van der Waals surface area contributed by atoms with Crippen LogP contribution in [0.1, 0.15) is 37.2 Å². The molecule has 0 saturated carbocycles. The summed E-state index contributed by atoms with van der Waals surface area (Å²) in [5.41, 5.74) is 6.81. The number of imidazole rings is 1. The summed E-state index contributed by atoms with van der Waals surface area (Å²) in [6, 6.07) is -0.0388. The second-order valence-corrected chi connectivity index (χ2v) is 3.81. The molecule has 2 heterocycles. The quantitative estimate of drug-likeness (QED) is 0.847. The Morgan fingerprint density at radius 2 is 2.31 bits per heavy atom. The number of oxazole rings is 1. The van der Waals surface area contributed by atoms with Gasteiger partial charge < -0.3 is 14.7 Å². The number of hydrogen-bond donors (Lipinski definition) is 1. The Kier molecular flexibility index (Phi) is 3.05. The van der Waals surface area contributed by atoms with Gasteiger partial charge in [0.2, 0.25) is 5.89 Å². The van der Waals surface area contributed by atoms with Gasteiger partial charge in [-0.2, -0.15) is 0 Å². The molecule has 0 bridgehead atoms. The van der Waals surface area contributed by atoms with Gasteiger partial charge in [-0.3, -0.25) is 0 Å². The molecule has 86 valence electrons. The molecule has 0 amide bonds. The summed E-state index contributed by atoms with van der Waals surface area (Å²) in [7, 11) is 0. The molecular formula is C11H16N4O.